The van der Waals surface area contributed by atoms with Crippen molar-refractivity contribution in [3.63, 3.8) is 0 Å². The standard InChI is InChI=1S/C23H22N6O2/c30-20-14-24-29(19-7-4-3-6-18(19)20)15-22(31)25-17-11-9-16(10-12-17)23-27-26-21-8-2-1-5-13-28(21)23/h3-4,6-7,9-12,14H,1-2,5,8,13,15H2,(H,25,31). The van der Waals surface area contributed by atoms with Gasteiger partial charge >= 0.3 is 0 Å². The molecule has 2 aromatic carbocycles. The molecule has 4 aromatic rings. The van der Waals surface area contributed by atoms with E-state index in [9.17, 15) is 9.59 Å². The second kappa shape index (κ2) is 8.14. The average molecular weight is 414 g/mol. The van der Waals surface area contributed by atoms with E-state index in [4.69, 9.17) is 0 Å². The molecule has 8 heteroatoms. The lowest BCUT2D eigenvalue weighted by atomic mass is 10.2. The molecule has 0 aliphatic carbocycles. The van der Waals surface area contributed by atoms with E-state index in [1.54, 1.807) is 18.2 Å². The Morgan fingerprint density at radius 2 is 1.84 bits per heavy atom. The van der Waals surface area contributed by atoms with Gasteiger partial charge in [0.2, 0.25) is 11.3 Å². The van der Waals surface area contributed by atoms with Gasteiger partial charge in [-0.1, -0.05) is 18.6 Å². The summed E-state index contributed by atoms with van der Waals surface area (Å²) in [7, 11) is 0. The number of anilines is 1. The molecule has 2 aromatic heterocycles. The number of benzene rings is 2. The van der Waals surface area contributed by atoms with E-state index < -0.39 is 0 Å². The van der Waals surface area contributed by atoms with E-state index in [1.165, 1.54) is 17.3 Å². The van der Waals surface area contributed by atoms with E-state index in [0.717, 1.165) is 43.0 Å². The summed E-state index contributed by atoms with van der Waals surface area (Å²) in [6.07, 6.45) is 5.72. The number of amides is 1. The molecule has 0 saturated carbocycles. The molecule has 0 atom stereocenters. The molecule has 156 valence electrons. The average Bonchev–Trinajstić information content (AvgIpc) is 3.04. The summed E-state index contributed by atoms with van der Waals surface area (Å²) >= 11 is 0. The molecule has 0 spiro atoms. The van der Waals surface area contributed by atoms with Crippen molar-refractivity contribution in [3.05, 3.63) is 70.8 Å². The largest absolute Gasteiger partial charge is 0.324 e. The molecule has 31 heavy (non-hydrogen) atoms. The third kappa shape index (κ3) is 3.84. The summed E-state index contributed by atoms with van der Waals surface area (Å²) in [6.45, 7) is 0.955. The minimum Gasteiger partial charge on any atom is -0.324 e. The summed E-state index contributed by atoms with van der Waals surface area (Å²) in [6, 6.07) is 14.8. The number of fused-ring (bicyclic) bond motifs is 2. The van der Waals surface area contributed by atoms with Crippen LogP contribution >= 0.6 is 0 Å². The van der Waals surface area contributed by atoms with Crippen LogP contribution in [0.2, 0.25) is 0 Å². The number of carbonyl (C=O) groups excluding carboxylic acids is 1. The SMILES string of the molecule is O=C(Cn1ncc(=O)c2ccccc21)Nc1ccc(-c2nnc3n2CCCCC3)cc1. The van der Waals surface area contributed by atoms with Crippen LogP contribution in [0.15, 0.2) is 59.5 Å². The Kier molecular flexibility index (Phi) is 5.03. The number of para-hydroxylation sites is 1. The van der Waals surface area contributed by atoms with Gasteiger partial charge in [0.25, 0.3) is 0 Å². The predicted octanol–water partition coefficient (Wildman–Crippen LogP) is 3.02. The summed E-state index contributed by atoms with van der Waals surface area (Å²) < 4.78 is 3.74. The molecule has 8 nitrogen and oxygen atoms in total. The summed E-state index contributed by atoms with van der Waals surface area (Å²) in [4.78, 5) is 24.5. The van der Waals surface area contributed by atoms with E-state index in [0.29, 0.717) is 16.6 Å². The van der Waals surface area contributed by atoms with Crippen molar-refractivity contribution in [2.24, 2.45) is 0 Å². The molecule has 0 bridgehead atoms. The maximum absolute atomic E-state index is 12.6. The fourth-order valence-electron chi connectivity index (χ4n) is 4.02. The third-order valence-corrected chi connectivity index (χ3v) is 5.59. The number of aromatic nitrogens is 5. The maximum atomic E-state index is 12.6. The fourth-order valence-corrected chi connectivity index (χ4v) is 4.02. The number of hydrogen-bond acceptors (Lipinski definition) is 5. The Labute approximate surface area is 178 Å². The van der Waals surface area contributed by atoms with Gasteiger partial charge in [0, 0.05) is 29.6 Å². The van der Waals surface area contributed by atoms with Crippen molar-refractivity contribution >= 4 is 22.5 Å². The number of hydrogen-bond donors (Lipinski definition) is 1. The second-order valence-electron chi connectivity index (χ2n) is 7.71. The number of rotatable bonds is 4. The van der Waals surface area contributed by atoms with Crippen molar-refractivity contribution in [2.45, 2.75) is 38.8 Å². The van der Waals surface area contributed by atoms with Crippen LogP contribution in [0.5, 0.6) is 0 Å². The lowest BCUT2D eigenvalue weighted by molar-refractivity contribution is -0.116. The van der Waals surface area contributed by atoms with Crippen LogP contribution in [0.4, 0.5) is 5.69 Å². The smallest absolute Gasteiger partial charge is 0.246 e. The highest BCUT2D eigenvalue weighted by atomic mass is 16.2. The second-order valence-corrected chi connectivity index (χ2v) is 7.71. The van der Waals surface area contributed by atoms with Crippen LogP contribution in [0, 0.1) is 0 Å². The third-order valence-electron chi connectivity index (χ3n) is 5.59. The van der Waals surface area contributed by atoms with Gasteiger partial charge in [0.15, 0.2) is 5.82 Å². The van der Waals surface area contributed by atoms with Crippen molar-refractivity contribution in [3.8, 4) is 11.4 Å². The molecule has 0 saturated heterocycles. The molecule has 3 heterocycles. The number of nitrogens with one attached hydrogen (secondary N) is 1. The van der Waals surface area contributed by atoms with Crippen LogP contribution in [0.25, 0.3) is 22.3 Å². The van der Waals surface area contributed by atoms with Crippen molar-refractivity contribution < 1.29 is 4.79 Å². The molecule has 1 amide bonds. The van der Waals surface area contributed by atoms with Gasteiger partial charge < -0.3 is 9.88 Å². The monoisotopic (exact) mass is 414 g/mol. The topological polar surface area (TPSA) is 94.7 Å². The molecule has 1 N–H and O–H groups in total. The first-order chi connectivity index (χ1) is 15.2. The van der Waals surface area contributed by atoms with Crippen molar-refractivity contribution in [2.75, 3.05) is 5.32 Å². The minimum atomic E-state index is -0.217. The number of nitrogens with zero attached hydrogens (tertiary/aromatic N) is 5. The zero-order chi connectivity index (χ0) is 21.2. The van der Waals surface area contributed by atoms with Gasteiger partial charge in [0.1, 0.15) is 12.4 Å². The molecule has 0 fully saturated rings. The van der Waals surface area contributed by atoms with E-state index in [1.807, 2.05) is 30.3 Å². The normalized spacial score (nSPS) is 13.5. The van der Waals surface area contributed by atoms with Gasteiger partial charge in [-0.15, -0.1) is 10.2 Å². The molecule has 0 radical (unpaired) electrons. The molecule has 1 aliphatic heterocycles. The van der Waals surface area contributed by atoms with Crippen LogP contribution in [-0.4, -0.2) is 30.5 Å². The van der Waals surface area contributed by atoms with Gasteiger partial charge in [-0.2, -0.15) is 5.10 Å². The lowest BCUT2D eigenvalue weighted by Crippen LogP contribution is -2.22. The van der Waals surface area contributed by atoms with E-state index >= 15 is 0 Å². The quantitative estimate of drug-likeness (QED) is 0.554. The first-order valence-electron chi connectivity index (χ1n) is 10.5. The summed E-state index contributed by atoms with van der Waals surface area (Å²) in [5.74, 6) is 1.70. The van der Waals surface area contributed by atoms with E-state index in [-0.39, 0.29) is 17.9 Å². The van der Waals surface area contributed by atoms with Crippen LogP contribution in [-0.2, 0) is 24.3 Å². The van der Waals surface area contributed by atoms with Gasteiger partial charge in [-0.05, 0) is 49.2 Å². The summed E-state index contributed by atoms with van der Waals surface area (Å²) in [5, 5.41) is 16.3. The molecule has 5 rings (SSSR count). The van der Waals surface area contributed by atoms with Gasteiger partial charge in [-0.25, -0.2) is 0 Å². The van der Waals surface area contributed by atoms with Crippen molar-refractivity contribution in [1.82, 2.24) is 24.5 Å². The van der Waals surface area contributed by atoms with Crippen LogP contribution < -0.4 is 10.7 Å². The Bertz CT molecular complexity index is 1310. The zero-order valence-electron chi connectivity index (χ0n) is 17.0. The van der Waals surface area contributed by atoms with E-state index in [2.05, 4.69) is 25.2 Å². The number of carbonyl (C=O) groups is 1. The Balaban J connectivity index is 1.32. The molecular formula is C23H22N6O2. The zero-order valence-corrected chi connectivity index (χ0v) is 17.0. The van der Waals surface area contributed by atoms with Gasteiger partial charge in [-0.3, -0.25) is 14.3 Å². The Hall–Kier alpha value is -3.81. The predicted molar refractivity (Wildman–Crippen MR) is 118 cm³/mol. The molecule has 0 unspecified atom stereocenters. The summed E-state index contributed by atoms with van der Waals surface area (Å²) in [5.41, 5.74) is 2.14. The molecule has 1 aliphatic rings. The Morgan fingerprint density at radius 3 is 2.71 bits per heavy atom. The lowest BCUT2D eigenvalue weighted by Gasteiger charge is -2.11. The first kappa shape index (κ1) is 19.2. The van der Waals surface area contributed by atoms with Crippen LogP contribution in [0.1, 0.15) is 25.1 Å². The minimum absolute atomic E-state index is 0.0141. The highest BCUT2D eigenvalue weighted by molar-refractivity contribution is 5.91. The highest BCUT2D eigenvalue weighted by Gasteiger charge is 2.16. The first-order valence-corrected chi connectivity index (χ1v) is 10.5. The van der Waals surface area contributed by atoms with Crippen LogP contribution in [0.3, 0.4) is 0 Å². The molecular weight excluding hydrogens is 392 g/mol. The van der Waals surface area contributed by atoms with Crippen molar-refractivity contribution in [1.29, 1.82) is 0 Å². The number of aryl methyl sites for hydroxylation is 1. The maximum Gasteiger partial charge on any atom is 0.246 e. The van der Waals surface area contributed by atoms with Gasteiger partial charge in [0.05, 0.1) is 11.7 Å². The Morgan fingerprint density at radius 1 is 1.00 bits per heavy atom. The fraction of sp³-hybridized carbons (Fsp3) is 0.261. The highest BCUT2D eigenvalue weighted by Crippen LogP contribution is 2.24.